The molecule has 3 rings (SSSR count). The van der Waals surface area contributed by atoms with Gasteiger partial charge in [0.1, 0.15) is 5.82 Å². The monoisotopic (exact) mass is 313 g/mol. The number of hydrogen-bond donors (Lipinski definition) is 0. The van der Waals surface area contributed by atoms with Crippen LogP contribution in [0.4, 0.5) is 11.8 Å². The van der Waals surface area contributed by atoms with Gasteiger partial charge in [-0.25, -0.2) is 15.0 Å². The highest BCUT2D eigenvalue weighted by atomic mass is 16.5. The Bertz CT molecular complexity index is 619. The molecule has 1 saturated heterocycles. The standard InChI is InChI=1S/C17H23N5O/c1-21(2)16-12-14(6-9-18-16)4-5-15-13-22(10-11-23-15)17-19-7-3-8-20-17/h3,6-9,12,15H,4-5,10-11,13H2,1-2H3. The van der Waals surface area contributed by atoms with Crippen molar-refractivity contribution in [3.8, 4) is 0 Å². The molecule has 0 N–H and O–H groups in total. The molecular weight excluding hydrogens is 290 g/mol. The Balaban J connectivity index is 1.57. The van der Waals surface area contributed by atoms with Crippen LogP contribution in [0.2, 0.25) is 0 Å². The third kappa shape index (κ3) is 4.16. The van der Waals surface area contributed by atoms with E-state index in [9.17, 15) is 0 Å². The second kappa shape index (κ2) is 7.37. The van der Waals surface area contributed by atoms with E-state index in [2.05, 4.69) is 32.0 Å². The second-order valence-electron chi connectivity index (χ2n) is 5.94. The van der Waals surface area contributed by atoms with Gasteiger partial charge < -0.3 is 14.5 Å². The van der Waals surface area contributed by atoms with Gasteiger partial charge in [-0.1, -0.05) is 0 Å². The number of ether oxygens (including phenoxy) is 1. The Kier molecular flexibility index (Phi) is 5.02. The first-order valence-corrected chi connectivity index (χ1v) is 7.98. The molecule has 0 bridgehead atoms. The van der Waals surface area contributed by atoms with Crippen LogP contribution < -0.4 is 9.80 Å². The molecule has 0 amide bonds. The van der Waals surface area contributed by atoms with Gasteiger partial charge in [-0.15, -0.1) is 0 Å². The Morgan fingerprint density at radius 1 is 1.22 bits per heavy atom. The molecule has 1 unspecified atom stereocenters. The lowest BCUT2D eigenvalue weighted by Gasteiger charge is -2.33. The zero-order chi connectivity index (χ0) is 16.1. The number of nitrogens with zero attached hydrogens (tertiary/aromatic N) is 5. The number of hydrogen-bond acceptors (Lipinski definition) is 6. The van der Waals surface area contributed by atoms with Crippen molar-refractivity contribution in [3.63, 3.8) is 0 Å². The van der Waals surface area contributed by atoms with Crippen LogP contribution in [0, 0.1) is 0 Å². The van der Waals surface area contributed by atoms with E-state index in [0.29, 0.717) is 0 Å². The molecule has 0 aromatic carbocycles. The summed E-state index contributed by atoms with van der Waals surface area (Å²) < 4.78 is 5.91. The maximum absolute atomic E-state index is 5.91. The summed E-state index contributed by atoms with van der Waals surface area (Å²) in [5.41, 5.74) is 1.29. The number of pyridine rings is 1. The van der Waals surface area contributed by atoms with Gasteiger partial charge >= 0.3 is 0 Å². The topological polar surface area (TPSA) is 54.4 Å². The second-order valence-corrected chi connectivity index (χ2v) is 5.94. The first-order valence-electron chi connectivity index (χ1n) is 7.98. The molecule has 2 aromatic heterocycles. The minimum absolute atomic E-state index is 0.212. The molecule has 3 heterocycles. The van der Waals surface area contributed by atoms with Crippen LogP contribution in [0.1, 0.15) is 12.0 Å². The van der Waals surface area contributed by atoms with E-state index >= 15 is 0 Å². The maximum atomic E-state index is 5.91. The molecule has 6 nitrogen and oxygen atoms in total. The first kappa shape index (κ1) is 15.7. The Labute approximate surface area is 137 Å². The molecule has 1 fully saturated rings. The Morgan fingerprint density at radius 3 is 2.83 bits per heavy atom. The third-order valence-electron chi connectivity index (χ3n) is 4.00. The SMILES string of the molecule is CN(C)c1cc(CCC2CN(c3ncccn3)CCO2)ccn1. The molecule has 1 aliphatic rings. The van der Waals surface area contributed by atoms with E-state index in [4.69, 9.17) is 4.74 Å². The van der Waals surface area contributed by atoms with Gasteiger partial charge in [0.2, 0.25) is 5.95 Å². The molecule has 0 radical (unpaired) electrons. The third-order valence-corrected chi connectivity index (χ3v) is 4.00. The lowest BCUT2D eigenvalue weighted by atomic mass is 10.1. The molecule has 0 saturated carbocycles. The predicted molar refractivity (Wildman–Crippen MR) is 90.9 cm³/mol. The van der Waals surface area contributed by atoms with Gasteiger partial charge in [0.05, 0.1) is 12.7 Å². The molecule has 2 aromatic rings. The Morgan fingerprint density at radius 2 is 2.04 bits per heavy atom. The molecular formula is C17H23N5O. The number of aryl methyl sites for hydroxylation is 1. The van der Waals surface area contributed by atoms with Crippen LogP contribution in [-0.2, 0) is 11.2 Å². The van der Waals surface area contributed by atoms with Crippen molar-refractivity contribution in [1.29, 1.82) is 0 Å². The van der Waals surface area contributed by atoms with E-state index in [0.717, 1.165) is 44.3 Å². The summed E-state index contributed by atoms with van der Waals surface area (Å²) in [5, 5.41) is 0. The summed E-state index contributed by atoms with van der Waals surface area (Å²) in [6, 6.07) is 6.06. The molecule has 1 aliphatic heterocycles. The maximum Gasteiger partial charge on any atom is 0.225 e. The number of aromatic nitrogens is 3. The van der Waals surface area contributed by atoms with Crippen molar-refractivity contribution >= 4 is 11.8 Å². The van der Waals surface area contributed by atoms with E-state index in [1.165, 1.54) is 5.56 Å². The predicted octanol–water partition coefficient (Wildman–Crippen LogP) is 1.78. The fourth-order valence-corrected chi connectivity index (χ4v) is 2.72. The minimum atomic E-state index is 0.212. The van der Waals surface area contributed by atoms with Gasteiger partial charge in [0, 0.05) is 45.8 Å². The molecule has 1 atom stereocenters. The van der Waals surface area contributed by atoms with E-state index < -0.39 is 0 Å². The van der Waals surface area contributed by atoms with Crippen molar-refractivity contribution in [1.82, 2.24) is 15.0 Å². The molecule has 0 aliphatic carbocycles. The highest BCUT2D eigenvalue weighted by Crippen LogP contribution is 2.17. The summed E-state index contributed by atoms with van der Waals surface area (Å²) in [6.45, 7) is 2.42. The smallest absolute Gasteiger partial charge is 0.225 e. The molecule has 6 heteroatoms. The summed E-state index contributed by atoms with van der Waals surface area (Å²) in [5.74, 6) is 1.78. The lowest BCUT2D eigenvalue weighted by Crippen LogP contribution is -2.43. The number of anilines is 2. The van der Waals surface area contributed by atoms with Crippen LogP contribution in [0.15, 0.2) is 36.8 Å². The molecule has 0 spiro atoms. The van der Waals surface area contributed by atoms with E-state index in [1.54, 1.807) is 12.4 Å². The molecule has 23 heavy (non-hydrogen) atoms. The quantitative estimate of drug-likeness (QED) is 0.838. The normalized spacial score (nSPS) is 18.0. The van der Waals surface area contributed by atoms with Gasteiger partial charge in [-0.05, 0) is 36.6 Å². The largest absolute Gasteiger partial charge is 0.375 e. The highest BCUT2D eigenvalue weighted by molar-refractivity contribution is 5.39. The number of morpholine rings is 1. The van der Waals surface area contributed by atoms with Crippen molar-refractivity contribution in [2.24, 2.45) is 0 Å². The zero-order valence-electron chi connectivity index (χ0n) is 13.7. The summed E-state index contributed by atoms with van der Waals surface area (Å²) in [6.07, 6.45) is 7.62. The van der Waals surface area contributed by atoms with Crippen molar-refractivity contribution in [2.75, 3.05) is 43.6 Å². The van der Waals surface area contributed by atoms with Crippen LogP contribution in [0.5, 0.6) is 0 Å². The lowest BCUT2D eigenvalue weighted by molar-refractivity contribution is 0.0349. The van der Waals surface area contributed by atoms with Gasteiger partial charge in [-0.3, -0.25) is 0 Å². The summed E-state index contributed by atoms with van der Waals surface area (Å²) >= 11 is 0. The van der Waals surface area contributed by atoms with Crippen LogP contribution in [0.25, 0.3) is 0 Å². The van der Waals surface area contributed by atoms with Crippen molar-refractivity contribution in [2.45, 2.75) is 18.9 Å². The van der Waals surface area contributed by atoms with E-state index in [-0.39, 0.29) is 6.10 Å². The van der Waals surface area contributed by atoms with Gasteiger partial charge in [0.15, 0.2) is 0 Å². The fraction of sp³-hybridized carbons (Fsp3) is 0.471. The number of rotatable bonds is 5. The Hall–Kier alpha value is -2.21. The van der Waals surface area contributed by atoms with Gasteiger partial charge in [0.25, 0.3) is 0 Å². The zero-order valence-corrected chi connectivity index (χ0v) is 13.7. The fourth-order valence-electron chi connectivity index (χ4n) is 2.72. The average molecular weight is 313 g/mol. The summed E-state index contributed by atoms with van der Waals surface area (Å²) in [4.78, 5) is 17.2. The minimum Gasteiger partial charge on any atom is -0.375 e. The van der Waals surface area contributed by atoms with Gasteiger partial charge in [-0.2, -0.15) is 0 Å². The van der Waals surface area contributed by atoms with Crippen LogP contribution in [-0.4, -0.2) is 54.8 Å². The van der Waals surface area contributed by atoms with Crippen molar-refractivity contribution < 1.29 is 4.74 Å². The average Bonchev–Trinajstić information content (AvgIpc) is 2.61. The molecule has 122 valence electrons. The first-order chi connectivity index (χ1) is 11.2. The van der Waals surface area contributed by atoms with Crippen LogP contribution in [0.3, 0.4) is 0 Å². The van der Waals surface area contributed by atoms with Crippen LogP contribution >= 0.6 is 0 Å². The van der Waals surface area contributed by atoms with E-state index in [1.807, 2.05) is 31.3 Å². The van der Waals surface area contributed by atoms with Crippen molar-refractivity contribution in [3.05, 3.63) is 42.4 Å². The highest BCUT2D eigenvalue weighted by Gasteiger charge is 2.22. The summed E-state index contributed by atoms with van der Waals surface area (Å²) in [7, 11) is 4.02.